The molecule has 0 aliphatic carbocycles. The molecule has 1 heterocycles. The quantitative estimate of drug-likeness (QED) is 0.887. The van der Waals surface area contributed by atoms with Crippen LogP contribution in [0.15, 0.2) is 35.4 Å². The van der Waals surface area contributed by atoms with E-state index < -0.39 is 10.8 Å². The van der Waals surface area contributed by atoms with E-state index in [0.29, 0.717) is 0 Å². The van der Waals surface area contributed by atoms with E-state index in [2.05, 4.69) is 17.2 Å². The molecule has 1 aromatic heterocycles. The van der Waals surface area contributed by atoms with Crippen LogP contribution in [0.4, 0.5) is 5.13 Å². The molecule has 1 atom stereocenters. The first-order valence-corrected chi connectivity index (χ1v) is 8.67. The Hall–Kier alpha value is -1.20. The van der Waals surface area contributed by atoms with Crippen LogP contribution >= 0.6 is 11.3 Å². The molecule has 0 amide bonds. The number of nitrogens with one attached hydrogen (secondary N) is 1. The van der Waals surface area contributed by atoms with Gasteiger partial charge in [-0.15, -0.1) is 11.3 Å². The van der Waals surface area contributed by atoms with Crippen molar-refractivity contribution in [1.82, 2.24) is 4.98 Å². The van der Waals surface area contributed by atoms with Gasteiger partial charge in [-0.1, -0.05) is 25.5 Å². The number of nitrogens with zero attached hydrogens (tertiary/aromatic N) is 1. The van der Waals surface area contributed by atoms with Crippen LogP contribution in [0.25, 0.3) is 0 Å². The fraction of sp³-hybridized carbons (Fsp3) is 0.357. The zero-order chi connectivity index (χ0) is 13.7. The summed E-state index contributed by atoms with van der Waals surface area (Å²) < 4.78 is 11.3. The fourth-order valence-electron chi connectivity index (χ4n) is 1.73. The van der Waals surface area contributed by atoms with Crippen LogP contribution in [0.2, 0.25) is 0 Å². The summed E-state index contributed by atoms with van der Waals surface area (Å²) in [6, 6.07) is 7.84. The highest BCUT2D eigenvalue weighted by atomic mass is 32.2. The van der Waals surface area contributed by atoms with Gasteiger partial charge in [0.25, 0.3) is 0 Å². The molecular weight excluding hydrogens is 276 g/mol. The van der Waals surface area contributed by atoms with E-state index in [4.69, 9.17) is 0 Å². The summed E-state index contributed by atoms with van der Waals surface area (Å²) in [5.41, 5.74) is 1.17. The van der Waals surface area contributed by atoms with Crippen LogP contribution in [0.5, 0.6) is 0 Å². The number of thiazole rings is 1. The third-order valence-corrected chi connectivity index (χ3v) is 4.70. The Morgan fingerprint density at radius 1 is 1.32 bits per heavy atom. The number of rotatable bonds is 6. The molecule has 19 heavy (non-hydrogen) atoms. The fourth-order valence-corrected chi connectivity index (χ4v) is 3.16. The van der Waals surface area contributed by atoms with Crippen molar-refractivity contribution in [2.45, 2.75) is 31.2 Å². The lowest BCUT2D eigenvalue weighted by atomic mass is 10.2. The largest absolute Gasteiger partial charge is 0.357 e. The Morgan fingerprint density at radius 2 is 2.05 bits per heavy atom. The van der Waals surface area contributed by atoms with E-state index in [-0.39, 0.29) is 0 Å². The molecule has 0 spiro atoms. The van der Waals surface area contributed by atoms with E-state index >= 15 is 0 Å². The molecule has 0 bridgehead atoms. The predicted octanol–water partition coefficient (Wildman–Crippen LogP) is 3.45. The van der Waals surface area contributed by atoms with Gasteiger partial charge >= 0.3 is 0 Å². The average molecular weight is 294 g/mol. The van der Waals surface area contributed by atoms with E-state index in [9.17, 15) is 4.21 Å². The molecule has 102 valence electrons. The van der Waals surface area contributed by atoms with Gasteiger partial charge in [0.1, 0.15) is 0 Å². The zero-order valence-corrected chi connectivity index (χ0v) is 12.8. The minimum absolute atomic E-state index is 0.746. The third kappa shape index (κ3) is 4.14. The molecule has 1 N–H and O–H groups in total. The average Bonchev–Trinajstić information content (AvgIpc) is 2.85. The summed E-state index contributed by atoms with van der Waals surface area (Å²) in [4.78, 5) is 6.54. The second-order valence-electron chi connectivity index (χ2n) is 4.33. The van der Waals surface area contributed by atoms with E-state index in [1.165, 1.54) is 10.4 Å². The molecule has 0 aliphatic heterocycles. The van der Waals surface area contributed by atoms with Crippen LogP contribution in [-0.4, -0.2) is 15.4 Å². The van der Waals surface area contributed by atoms with Gasteiger partial charge in [0.2, 0.25) is 0 Å². The molecule has 0 radical (unpaired) electrons. The minimum Gasteiger partial charge on any atom is -0.357 e. The maximum absolute atomic E-state index is 11.3. The first-order valence-electron chi connectivity index (χ1n) is 6.30. The molecule has 0 saturated heterocycles. The van der Waals surface area contributed by atoms with Crippen LogP contribution in [0, 0.1) is 0 Å². The van der Waals surface area contributed by atoms with Gasteiger partial charge in [0.15, 0.2) is 5.13 Å². The van der Waals surface area contributed by atoms with E-state index in [1.54, 1.807) is 17.6 Å². The van der Waals surface area contributed by atoms with Crippen molar-refractivity contribution in [2.24, 2.45) is 0 Å². The minimum atomic E-state index is -0.907. The van der Waals surface area contributed by atoms with Crippen LogP contribution < -0.4 is 5.32 Å². The summed E-state index contributed by atoms with van der Waals surface area (Å²) in [6.07, 6.45) is 5.88. The maximum Gasteiger partial charge on any atom is 0.183 e. The molecule has 0 saturated carbocycles. The van der Waals surface area contributed by atoms with Gasteiger partial charge in [-0.3, -0.25) is 4.21 Å². The first-order chi connectivity index (χ1) is 9.19. The van der Waals surface area contributed by atoms with Crippen molar-refractivity contribution in [2.75, 3.05) is 11.6 Å². The van der Waals surface area contributed by atoms with Crippen molar-refractivity contribution >= 4 is 27.3 Å². The normalized spacial score (nSPS) is 12.3. The van der Waals surface area contributed by atoms with Gasteiger partial charge in [0, 0.05) is 39.6 Å². The summed E-state index contributed by atoms with van der Waals surface area (Å²) in [5, 5.41) is 4.28. The first kappa shape index (κ1) is 14.2. The Balaban J connectivity index is 1.92. The lowest BCUT2D eigenvalue weighted by Gasteiger charge is -2.03. The van der Waals surface area contributed by atoms with Gasteiger partial charge in [-0.2, -0.15) is 0 Å². The zero-order valence-electron chi connectivity index (χ0n) is 11.2. The smallest absolute Gasteiger partial charge is 0.183 e. The monoisotopic (exact) mass is 294 g/mol. The SMILES string of the molecule is CCCc1cnc(NCc2ccc([S@@](C)=O)cc2)s1. The molecule has 3 nitrogen and oxygen atoms in total. The van der Waals surface area contributed by atoms with E-state index in [0.717, 1.165) is 29.4 Å². The summed E-state index contributed by atoms with van der Waals surface area (Å²) in [7, 11) is -0.907. The number of hydrogen-bond donors (Lipinski definition) is 1. The number of benzene rings is 1. The van der Waals surface area contributed by atoms with Crippen molar-refractivity contribution in [3.8, 4) is 0 Å². The van der Waals surface area contributed by atoms with Crippen LogP contribution in [0.3, 0.4) is 0 Å². The van der Waals surface area contributed by atoms with E-state index in [1.807, 2.05) is 30.5 Å². The summed E-state index contributed by atoms with van der Waals surface area (Å²) in [5.74, 6) is 0. The number of hydrogen-bond acceptors (Lipinski definition) is 4. The topological polar surface area (TPSA) is 42.0 Å². The maximum atomic E-state index is 11.3. The number of aromatic nitrogens is 1. The number of anilines is 1. The molecule has 0 fully saturated rings. The summed E-state index contributed by atoms with van der Waals surface area (Å²) in [6.45, 7) is 2.92. The van der Waals surface area contributed by atoms with Gasteiger partial charge in [-0.05, 0) is 24.1 Å². The lowest BCUT2D eigenvalue weighted by Crippen LogP contribution is -1.99. The van der Waals surface area contributed by atoms with Gasteiger partial charge in [0.05, 0.1) is 0 Å². The third-order valence-electron chi connectivity index (χ3n) is 2.75. The Labute approximate surface area is 120 Å². The van der Waals surface area contributed by atoms with Gasteiger partial charge in [-0.25, -0.2) is 4.98 Å². The molecule has 0 aliphatic rings. The standard InChI is InChI=1S/C14H18N2OS2/c1-3-4-12-10-16-14(18-12)15-9-11-5-7-13(8-6-11)19(2)17/h5-8,10H,3-4,9H2,1-2H3,(H,15,16)/t19-/m1/s1. The van der Waals surface area contributed by atoms with Crippen molar-refractivity contribution in [1.29, 1.82) is 0 Å². The second kappa shape index (κ2) is 6.82. The highest BCUT2D eigenvalue weighted by molar-refractivity contribution is 7.84. The lowest BCUT2D eigenvalue weighted by molar-refractivity contribution is 0.687. The Morgan fingerprint density at radius 3 is 2.68 bits per heavy atom. The number of aryl methyl sites for hydroxylation is 1. The van der Waals surface area contributed by atoms with Crippen LogP contribution in [0.1, 0.15) is 23.8 Å². The predicted molar refractivity (Wildman–Crippen MR) is 82.2 cm³/mol. The Kier molecular flexibility index (Phi) is 5.10. The Bertz CT molecular complexity index is 549. The molecule has 5 heteroatoms. The highest BCUT2D eigenvalue weighted by Crippen LogP contribution is 2.20. The molecule has 0 unspecified atom stereocenters. The highest BCUT2D eigenvalue weighted by Gasteiger charge is 2.02. The van der Waals surface area contributed by atoms with Crippen LogP contribution in [-0.2, 0) is 23.8 Å². The van der Waals surface area contributed by atoms with Crippen molar-refractivity contribution < 1.29 is 4.21 Å². The molecule has 2 rings (SSSR count). The molecular formula is C14H18N2OS2. The van der Waals surface area contributed by atoms with Crippen molar-refractivity contribution in [3.63, 3.8) is 0 Å². The second-order valence-corrected chi connectivity index (χ2v) is 6.83. The molecule has 2 aromatic rings. The molecule has 1 aromatic carbocycles. The summed E-state index contributed by atoms with van der Waals surface area (Å²) >= 11 is 1.71. The van der Waals surface area contributed by atoms with Gasteiger partial charge < -0.3 is 5.32 Å². The van der Waals surface area contributed by atoms with Crippen molar-refractivity contribution in [3.05, 3.63) is 40.9 Å².